The Morgan fingerprint density at radius 3 is 2.95 bits per heavy atom. The predicted octanol–water partition coefficient (Wildman–Crippen LogP) is 2.17. The van der Waals surface area contributed by atoms with E-state index in [1.165, 1.54) is 12.8 Å². The van der Waals surface area contributed by atoms with Crippen molar-refractivity contribution in [1.82, 2.24) is 4.90 Å². The first-order chi connectivity index (χ1) is 10.2. The lowest BCUT2D eigenvalue weighted by Gasteiger charge is -2.24. The summed E-state index contributed by atoms with van der Waals surface area (Å²) in [5.74, 6) is 0.0606. The summed E-state index contributed by atoms with van der Waals surface area (Å²) < 4.78 is 0. The van der Waals surface area contributed by atoms with Crippen LogP contribution in [0.4, 0.5) is 0 Å². The quantitative estimate of drug-likeness (QED) is 0.325. The van der Waals surface area contributed by atoms with Crippen LogP contribution in [0.25, 0.3) is 0 Å². The second-order valence-electron chi connectivity index (χ2n) is 5.42. The maximum absolute atomic E-state index is 8.97. The molecule has 116 valence electrons. The minimum Gasteiger partial charge on any atom is -0.409 e. The Labute approximate surface area is 130 Å². The number of benzene rings is 1. The molecule has 1 heterocycles. The van der Waals surface area contributed by atoms with Gasteiger partial charge in [0.05, 0.1) is 0 Å². The summed E-state index contributed by atoms with van der Waals surface area (Å²) in [6, 6.07) is 5.99. The highest BCUT2D eigenvalue weighted by atomic mass is 35.5. The molecule has 0 saturated carbocycles. The molecule has 0 bridgehead atoms. The summed E-state index contributed by atoms with van der Waals surface area (Å²) in [5, 5.41) is 21.3. The molecule has 1 saturated heterocycles. The molecule has 0 aromatic heterocycles. The molecule has 1 aromatic rings. The van der Waals surface area contributed by atoms with Crippen molar-refractivity contribution in [3.8, 4) is 0 Å². The van der Waals surface area contributed by atoms with E-state index in [4.69, 9.17) is 27.6 Å². The zero-order valence-electron chi connectivity index (χ0n) is 12.0. The van der Waals surface area contributed by atoms with Crippen LogP contribution in [0.3, 0.4) is 0 Å². The van der Waals surface area contributed by atoms with Crippen LogP contribution in [0.15, 0.2) is 23.4 Å². The number of halogens is 1. The first kappa shape index (κ1) is 16.1. The third-order valence-electron chi connectivity index (χ3n) is 4.02. The van der Waals surface area contributed by atoms with Crippen LogP contribution in [-0.2, 0) is 6.54 Å². The average molecular weight is 312 g/mol. The Hall–Kier alpha value is -1.30. The highest BCUT2D eigenvalue weighted by molar-refractivity contribution is 6.31. The largest absolute Gasteiger partial charge is 0.409 e. The van der Waals surface area contributed by atoms with E-state index in [0.717, 1.165) is 31.5 Å². The van der Waals surface area contributed by atoms with Gasteiger partial charge in [0.2, 0.25) is 0 Å². The van der Waals surface area contributed by atoms with Gasteiger partial charge < -0.3 is 16.0 Å². The normalized spacial score (nSPS) is 20.1. The first-order valence-electron chi connectivity index (χ1n) is 7.27. The van der Waals surface area contributed by atoms with Crippen molar-refractivity contribution >= 4 is 17.4 Å². The van der Waals surface area contributed by atoms with Gasteiger partial charge in [-0.15, -0.1) is 0 Å². The molecule has 0 amide bonds. The standard InChI is InChI=1S/C15H22ClN3O2/c16-14-9-11(15(17)18-21)5-6-12(14)10-19-7-1-3-13(19)4-2-8-20/h5-6,9,13,20-21H,1-4,7-8,10H2,(H2,17,18). The molecule has 1 unspecified atom stereocenters. The number of aliphatic hydroxyl groups excluding tert-OH is 1. The molecule has 2 rings (SSSR count). The fourth-order valence-corrected chi connectivity index (χ4v) is 3.11. The summed E-state index contributed by atoms with van der Waals surface area (Å²) in [6.45, 7) is 2.11. The Morgan fingerprint density at radius 1 is 1.48 bits per heavy atom. The molecule has 4 N–H and O–H groups in total. The van der Waals surface area contributed by atoms with Gasteiger partial charge >= 0.3 is 0 Å². The van der Waals surface area contributed by atoms with E-state index in [9.17, 15) is 0 Å². The van der Waals surface area contributed by atoms with E-state index >= 15 is 0 Å². The lowest BCUT2D eigenvalue weighted by Crippen LogP contribution is -2.29. The van der Waals surface area contributed by atoms with E-state index < -0.39 is 0 Å². The molecular formula is C15H22ClN3O2. The van der Waals surface area contributed by atoms with E-state index in [2.05, 4.69) is 10.1 Å². The SMILES string of the molecule is N/C(=N/O)c1ccc(CN2CCCC2CCCO)c(Cl)c1. The maximum Gasteiger partial charge on any atom is 0.170 e. The zero-order valence-corrected chi connectivity index (χ0v) is 12.8. The predicted molar refractivity (Wildman–Crippen MR) is 83.7 cm³/mol. The van der Waals surface area contributed by atoms with Crippen LogP contribution in [0.2, 0.25) is 5.02 Å². The summed E-state index contributed by atoms with van der Waals surface area (Å²) >= 11 is 6.30. The monoisotopic (exact) mass is 311 g/mol. The highest BCUT2D eigenvalue weighted by Gasteiger charge is 2.24. The van der Waals surface area contributed by atoms with Crippen molar-refractivity contribution in [3.63, 3.8) is 0 Å². The summed E-state index contributed by atoms with van der Waals surface area (Å²) in [5.41, 5.74) is 7.22. The number of likely N-dealkylation sites (tertiary alicyclic amines) is 1. The van der Waals surface area contributed by atoms with Gasteiger partial charge in [-0.25, -0.2) is 0 Å². The number of hydrogen-bond acceptors (Lipinski definition) is 4. The van der Waals surface area contributed by atoms with Crippen molar-refractivity contribution < 1.29 is 10.3 Å². The fourth-order valence-electron chi connectivity index (χ4n) is 2.87. The molecule has 6 heteroatoms. The second kappa shape index (κ2) is 7.64. The van der Waals surface area contributed by atoms with Crippen molar-refractivity contribution in [2.24, 2.45) is 10.9 Å². The third kappa shape index (κ3) is 4.09. The zero-order chi connectivity index (χ0) is 15.2. The molecule has 21 heavy (non-hydrogen) atoms. The molecular weight excluding hydrogens is 290 g/mol. The molecule has 1 aliphatic rings. The van der Waals surface area contributed by atoms with Crippen LogP contribution in [0.1, 0.15) is 36.8 Å². The van der Waals surface area contributed by atoms with Gasteiger partial charge in [-0.1, -0.05) is 28.9 Å². The molecule has 1 aliphatic heterocycles. The number of amidine groups is 1. The molecule has 0 spiro atoms. The molecule has 0 radical (unpaired) electrons. The highest BCUT2D eigenvalue weighted by Crippen LogP contribution is 2.26. The van der Waals surface area contributed by atoms with Gasteiger partial charge in [0.15, 0.2) is 5.84 Å². The Morgan fingerprint density at radius 2 is 2.29 bits per heavy atom. The van der Waals surface area contributed by atoms with E-state index in [0.29, 0.717) is 16.6 Å². The maximum atomic E-state index is 8.97. The van der Waals surface area contributed by atoms with Gasteiger partial charge in [-0.05, 0) is 43.9 Å². The number of oxime groups is 1. The second-order valence-corrected chi connectivity index (χ2v) is 5.83. The van der Waals surface area contributed by atoms with E-state index in [1.807, 2.05) is 12.1 Å². The molecule has 0 aliphatic carbocycles. The molecule has 5 nitrogen and oxygen atoms in total. The topological polar surface area (TPSA) is 82.1 Å². The lowest BCUT2D eigenvalue weighted by molar-refractivity contribution is 0.210. The van der Waals surface area contributed by atoms with Crippen LogP contribution >= 0.6 is 11.6 Å². The number of aliphatic hydroxyl groups is 1. The average Bonchev–Trinajstić information content (AvgIpc) is 2.93. The first-order valence-corrected chi connectivity index (χ1v) is 7.64. The fraction of sp³-hybridized carbons (Fsp3) is 0.533. The van der Waals surface area contributed by atoms with Gasteiger partial charge in [-0.2, -0.15) is 0 Å². The Bertz CT molecular complexity index is 508. The smallest absolute Gasteiger partial charge is 0.170 e. The minimum absolute atomic E-state index is 0.0606. The van der Waals surface area contributed by atoms with Crippen molar-refractivity contribution in [2.45, 2.75) is 38.3 Å². The van der Waals surface area contributed by atoms with Gasteiger partial charge in [0.1, 0.15) is 0 Å². The summed E-state index contributed by atoms with van der Waals surface area (Å²) in [6.07, 6.45) is 4.24. The van der Waals surface area contributed by atoms with Gasteiger partial charge in [0, 0.05) is 29.8 Å². The van der Waals surface area contributed by atoms with E-state index in [-0.39, 0.29) is 12.4 Å². The molecule has 1 atom stereocenters. The van der Waals surface area contributed by atoms with E-state index in [1.54, 1.807) is 6.07 Å². The number of nitrogens with two attached hydrogens (primary N) is 1. The van der Waals surface area contributed by atoms with Crippen LogP contribution < -0.4 is 5.73 Å². The Kier molecular flexibility index (Phi) is 5.85. The minimum atomic E-state index is 0.0606. The van der Waals surface area contributed by atoms with Crippen LogP contribution in [0, 0.1) is 0 Å². The van der Waals surface area contributed by atoms with Crippen LogP contribution in [0.5, 0.6) is 0 Å². The number of nitrogens with zero attached hydrogens (tertiary/aromatic N) is 2. The van der Waals surface area contributed by atoms with Crippen molar-refractivity contribution in [2.75, 3.05) is 13.2 Å². The van der Waals surface area contributed by atoms with Crippen LogP contribution in [-0.4, -0.2) is 40.2 Å². The van der Waals surface area contributed by atoms with Gasteiger partial charge in [0.25, 0.3) is 0 Å². The third-order valence-corrected chi connectivity index (χ3v) is 4.38. The van der Waals surface area contributed by atoms with Crippen molar-refractivity contribution in [1.29, 1.82) is 0 Å². The number of rotatable bonds is 6. The summed E-state index contributed by atoms with van der Waals surface area (Å²) in [7, 11) is 0. The molecule has 1 aromatic carbocycles. The summed E-state index contributed by atoms with van der Waals surface area (Å²) in [4.78, 5) is 2.42. The Balaban J connectivity index is 2.05. The van der Waals surface area contributed by atoms with Crippen molar-refractivity contribution in [3.05, 3.63) is 34.3 Å². The van der Waals surface area contributed by atoms with Gasteiger partial charge in [-0.3, -0.25) is 4.90 Å². The molecule has 1 fully saturated rings. The number of hydrogen-bond donors (Lipinski definition) is 3. The lowest BCUT2D eigenvalue weighted by atomic mass is 10.1.